The van der Waals surface area contributed by atoms with Crippen LogP contribution in [-0.2, 0) is 22.8 Å². The second kappa shape index (κ2) is 13.7. The predicted octanol–water partition coefficient (Wildman–Crippen LogP) is 5.17. The smallest absolute Gasteiger partial charge is 0.271 e. The number of nitrogens with zero attached hydrogens (tertiary/aromatic N) is 1. The Morgan fingerprint density at radius 1 is 0.865 bits per heavy atom. The normalized spacial score (nSPS) is 10.8. The number of hydrazone groups is 1. The lowest BCUT2D eigenvalue weighted by atomic mass is 10.1. The summed E-state index contributed by atoms with van der Waals surface area (Å²) in [5.41, 5.74) is 6.33. The number of amides is 2. The number of benzene rings is 3. The first-order valence-electron chi connectivity index (χ1n) is 11.7. The van der Waals surface area contributed by atoms with Crippen LogP contribution in [0.5, 0.6) is 5.75 Å². The van der Waals surface area contributed by atoms with Gasteiger partial charge in [0.05, 0.1) is 19.0 Å². The zero-order chi connectivity index (χ0) is 25.7. The van der Waals surface area contributed by atoms with Gasteiger partial charge in [0, 0.05) is 17.1 Å². The number of hydrogen-bond donors (Lipinski definition) is 2. The Balaban J connectivity index is 1.16. The first kappa shape index (κ1) is 25.8. The van der Waals surface area contributed by atoms with Gasteiger partial charge in [-0.1, -0.05) is 42.5 Å². The third-order valence-corrected chi connectivity index (χ3v) is 6.34. The van der Waals surface area contributed by atoms with Gasteiger partial charge in [-0.2, -0.15) is 16.9 Å². The molecule has 1 aromatic heterocycles. The summed E-state index contributed by atoms with van der Waals surface area (Å²) in [7, 11) is 0. The second-order valence-corrected chi connectivity index (χ2v) is 9.07. The SMILES string of the molecule is O=C(COc1ccc(/C=N\NC(=O)c2ccc(CSCc3ccccc3)cc2)cc1)NCc1ccco1. The summed E-state index contributed by atoms with van der Waals surface area (Å²) >= 11 is 1.84. The largest absolute Gasteiger partial charge is 0.484 e. The van der Waals surface area contributed by atoms with Gasteiger partial charge in [0.1, 0.15) is 11.5 Å². The quantitative estimate of drug-likeness (QED) is 0.201. The zero-order valence-corrected chi connectivity index (χ0v) is 20.9. The highest BCUT2D eigenvalue weighted by atomic mass is 32.2. The van der Waals surface area contributed by atoms with Crippen molar-refractivity contribution in [2.75, 3.05) is 6.61 Å². The lowest BCUT2D eigenvalue weighted by molar-refractivity contribution is -0.123. The summed E-state index contributed by atoms with van der Waals surface area (Å²) in [5, 5.41) is 6.75. The third kappa shape index (κ3) is 8.70. The highest BCUT2D eigenvalue weighted by Gasteiger charge is 2.06. The van der Waals surface area contributed by atoms with Crippen LogP contribution in [0.4, 0.5) is 0 Å². The summed E-state index contributed by atoms with van der Waals surface area (Å²) in [5.74, 6) is 2.53. The average Bonchev–Trinajstić information content (AvgIpc) is 3.46. The Bertz CT molecular complexity index is 1290. The number of carbonyl (C=O) groups excluding carboxylic acids is 2. The fourth-order valence-electron chi connectivity index (χ4n) is 3.29. The molecular weight excluding hydrogens is 486 g/mol. The lowest BCUT2D eigenvalue weighted by Crippen LogP contribution is -2.28. The second-order valence-electron chi connectivity index (χ2n) is 8.09. The van der Waals surface area contributed by atoms with Gasteiger partial charge in [0.25, 0.3) is 11.8 Å². The Hall–Kier alpha value is -4.30. The standard InChI is InChI=1S/C29H27N3O4S/c33-28(30-18-27-7-4-16-35-27)19-36-26-14-10-22(11-15-26)17-31-32-29(34)25-12-8-24(9-13-25)21-37-20-23-5-2-1-3-6-23/h1-17H,18-21H2,(H,30,33)(H,32,34)/b31-17-. The van der Waals surface area contributed by atoms with Crippen molar-refractivity contribution in [3.05, 3.63) is 125 Å². The molecule has 0 fully saturated rings. The van der Waals surface area contributed by atoms with E-state index in [-0.39, 0.29) is 18.4 Å². The first-order chi connectivity index (χ1) is 18.2. The minimum absolute atomic E-state index is 0.102. The lowest BCUT2D eigenvalue weighted by Gasteiger charge is -2.07. The van der Waals surface area contributed by atoms with E-state index in [0.29, 0.717) is 23.6 Å². The number of thioether (sulfide) groups is 1. The molecule has 0 spiro atoms. The van der Waals surface area contributed by atoms with Gasteiger partial charge in [-0.25, -0.2) is 5.43 Å². The molecule has 4 rings (SSSR count). The van der Waals surface area contributed by atoms with E-state index in [1.807, 2.05) is 42.1 Å². The topological polar surface area (TPSA) is 92.9 Å². The maximum Gasteiger partial charge on any atom is 0.271 e. The highest BCUT2D eigenvalue weighted by Crippen LogP contribution is 2.18. The Morgan fingerprint density at radius 2 is 1.59 bits per heavy atom. The average molecular weight is 514 g/mol. The van der Waals surface area contributed by atoms with Crippen LogP contribution >= 0.6 is 11.8 Å². The molecule has 4 aromatic rings. The fourth-order valence-corrected chi connectivity index (χ4v) is 4.25. The van der Waals surface area contributed by atoms with Gasteiger partial charge < -0.3 is 14.5 Å². The molecule has 3 aromatic carbocycles. The van der Waals surface area contributed by atoms with Crippen LogP contribution in [0.1, 0.15) is 32.8 Å². The molecule has 8 heteroatoms. The van der Waals surface area contributed by atoms with E-state index in [0.717, 1.165) is 17.1 Å². The van der Waals surface area contributed by atoms with Gasteiger partial charge >= 0.3 is 0 Å². The molecule has 0 unspecified atom stereocenters. The van der Waals surface area contributed by atoms with Crippen molar-refractivity contribution in [2.45, 2.75) is 18.1 Å². The van der Waals surface area contributed by atoms with E-state index in [9.17, 15) is 9.59 Å². The number of hydrogen-bond acceptors (Lipinski definition) is 6. The fraction of sp³-hybridized carbons (Fsp3) is 0.138. The number of ether oxygens (including phenoxy) is 1. The molecule has 0 aliphatic carbocycles. The Morgan fingerprint density at radius 3 is 2.30 bits per heavy atom. The number of carbonyl (C=O) groups is 2. The zero-order valence-electron chi connectivity index (χ0n) is 20.1. The van der Waals surface area contributed by atoms with Crippen LogP contribution in [0.2, 0.25) is 0 Å². The van der Waals surface area contributed by atoms with E-state index in [4.69, 9.17) is 9.15 Å². The molecule has 0 saturated carbocycles. The molecule has 2 N–H and O–H groups in total. The van der Waals surface area contributed by atoms with Crippen LogP contribution < -0.4 is 15.5 Å². The number of rotatable bonds is 12. The summed E-state index contributed by atoms with van der Waals surface area (Å²) in [6.45, 7) is 0.211. The predicted molar refractivity (Wildman–Crippen MR) is 145 cm³/mol. The third-order valence-electron chi connectivity index (χ3n) is 5.27. The van der Waals surface area contributed by atoms with Crippen LogP contribution in [0.3, 0.4) is 0 Å². The number of furan rings is 1. The molecular formula is C29H27N3O4S. The number of nitrogens with one attached hydrogen (secondary N) is 2. The molecule has 0 atom stereocenters. The first-order valence-corrected chi connectivity index (χ1v) is 12.9. The highest BCUT2D eigenvalue weighted by molar-refractivity contribution is 7.97. The van der Waals surface area contributed by atoms with E-state index in [1.165, 1.54) is 11.1 Å². The summed E-state index contributed by atoms with van der Waals surface area (Å²) in [6.07, 6.45) is 3.10. The molecule has 188 valence electrons. The van der Waals surface area contributed by atoms with Gasteiger partial charge in [-0.05, 0) is 65.2 Å². The molecule has 0 aliphatic heterocycles. The van der Waals surface area contributed by atoms with Crippen LogP contribution in [0.25, 0.3) is 0 Å². The van der Waals surface area contributed by atoms with E-state index in [2.05, 4.69) is 28.0 Å². The minimum atomic E-state index is -0.278. The molecule has 1 heterocycles. The van der Waals surface area contributed by atoms with Crippen molar-refractivity contribution in [3.8, 4) is 5.75 Å². The Labute approximate surface area is 219 Å². The van der Waals surface area contributed by atoms with Crippen molar-refractivity contribution in [1.29, 1.82) is 0 Å². The van der Waals surface area contributed by atoms with E-state index >= 15 is 0 Å². The van der Waals surface area contributed by atoms with Gasteiger partial charge in [0.2, 0.25) is 0 Å². The van der Waals surface area contributed by atoms with Crippen molar-refractivity contribution in [2.24, 2.45) is 5.10 Å². The van der Waals surface area contributed by atoms with Crippen molar-refractivity contribution in [1.82, 2.24) is 10.7 Å². The van der Waals surface area contributed by atoms with Crippen molar-refractivity contribution in [3.63, 3.8) is 0 Å². The van der Waals surface area contributed by atoms with Gasteiger partial charge in [-0.15, -0.1) is 0 Å². The molecule has 2 amide bonds. The van der Waals surface area contributed by atoms with Crippen LogP contribution in [-0.4, -0.2) is 24.6 Å². The molecule has 0 radical (unpaired) electrons. The van der Waals surface area contributed by atoms with Crippen LogP contribution in [0, 0.1) is 0 Å². The van der Waals surface area contributed by atoms with Gasteiger partial charge in [0.15, 0.2) is 6.61 Å². The Kier molecular flexibility index (Phi) is 9.55. The molecule has 0 saturated heterocycles. The van der Waals surface area contributed by atoms with Crippen molar-refractivity contribution < 1.29 is 18.7 Å². The van der Waals surface area contributed by atoms with Crippen LogP contribution in [0.15, 0.2) is 107 Å². The van der Waals surface area contributed by atoms with E-state index < -0.39 is 0 Å². The monoisotopic (exact) mass is 513 g/mol. The molecule has 0 aliphatic rings. The maximum atomic E-state index is 12.4. The van der Waals surface area contributed by atoms with Crippen molar-refractivity contribution >= 4 is 29.8 Å². The molecule has 7 nitrogen and oxygen atoms in total. The minimum Gasteiger partial charge on any atom is -0.484 e. The van der Waals surface area contributed by atoms with E-state index in [1.54, 1.807) is 61.0 Å². The summed E-state index contributed by atoms with van der Waals surface area (Å²) < 4.78 is 10.7. The summed E-state index contributed by atoms with van der Waals surface area (Å²) in [6, 6.07) is 28.5. The van der Waals surface area contributed by atoms with Gasteiger partial charge in [-0.3, -0.25) is 9.59 Å². The summed E-state index contributed by atoms with van der Waals surface area (Å²) in [4.78, 5) is 24.3. The molecule has 0 bridgehead atoms. The maximum absolute atomic E-state index is 12.4. The molecule has 37 heavy (non-hydrogen) atoms.